The lowest BCUT2D eigenvalue weighted by molar-refractivity contribution is -0.935. The number of aliphatic hydroxyl groups is 1. The average molecular weight is 292 g/mol. The van der Waals surface area contributed by atoms with Gasteiger partial charge in [-0.3, -0.25) is 4.48 Å². The van der Waals surface area contributed by atoms with Crippen molar-refractivity contribution in [2.24, 2.45) is 0 Å². The highest BCUT2D eigenvalue weighted by atomic mass is 16.4. The lowest BCUT2D eigenvalue weighted by Crippen LogP contribution is -2.67. The van der Waals surface area contributed by atoms with Crippen LogP contribution in [0.5, 0.6) is 0 Å². The van der Waals surface area contributed by atoms with E-state index in [0.717, 1.165) is 0 Å². The molecule has 0 saturated heterocycles. The SMILES string of the molecule is O=C(O)C[N+](CC(=O)O)(CC(=O)O)C1(C(=O)O)CC1O. The summed E-state index contributed by atoms with van der Waals surface area (Å²) in [4.78, 5) is 44.0. The molecule has 112 valence electrons. The Morgan fingerprint density at radius 2 is 1.20 bits per heavy atom. The van der Waals surface area contributed by atoms with E-state index in [0.29, 0.717) is 0 Å². The van der Waals surface area contributed by atoms with Crippen LogP contribution >= 0.6 is 0 Å². The summed E-state index contributed by atoms with van der Waals surface area (Å²) in [5.74, 6) is -6.26. The summed E-state index contributed by atoms with van der Waals surface area (Å²) in [6.45, 7) is -3.08. The number of hydrogen-bond acceptors (Lipinski definition) is 5. The molecule has 5 N–H and O–H groups in total. The van der Waals surface area contributed by atoms with Crippen molar-refractivity contribution in [3.05, 3.63) is 0 Å². The van der Waals surface area contributed by atoms with E-state index in [4.69, 9.17) is 15.3 Å². The number of carboxylic acids is 4. The molecule has 1 saturated carbocycles. The number of nitrogens with zero attached hydrogens (tertiary/aromatic N) is 1. The van der Waals surface area contributed by atoms with Gasteiger partial charge in [-0.25, -0.2) is 19.2 Å². The van der Waals surface area contributed by atoms with Crippen LogP contribution < -0.4 is 0 Å². The maximum Gasteiger partial charge on any atom is 0.368 e. The van der Waals surface area contributed by atoms with Crippen molar-refractivity contribution in [3.63, 3.8) is 0 Å². The molecule has 0 spiro atoms. The molecule has 0 radical (unpaired) electrons. The predicted octanol–water partition coefficient (Wildman–Crippen LogP) is -2.35. The maximum atomic E-state index is 11.3. The Morgan fingerprint density at radius 3 is 1.35 bits per heavy atom. The van der Waals surface area contributed by atoms with Gasteiger partial charge in [-0.05, 0) is 0 Å². The quantitative estimate of drug-likeness (QED) is 0.307. The summed E-state index contributed by atoms with van der Waals surface area (Å²) in [5, 5.41) is 45.3. The fourth-order valence-corrected chi connectivity index (χ4v) is 2.55. The predicted molar refractivity (Wildman–Crippen MR) is 58.8 cm³/mol. The zero-order chi connectivity index (χ0) is 15.7. The van der Waals surface area contributed by atoms with Crippen molar-refractivity contribution >= 4 is 23.9 Å². The Labute approximate surface area is 112 Å². The smallest absolute Gasteiger partial charge is 0.368 e. The van der Waals surface area contributed by atoms with E-state index in [1.165, 1.54) is 0 Å². The molecule has 0 aliphatic heterocycles. The van der Waals surface area contributed by atoms with Gasteiger partial charge in [0.15, 0.2) is 19.6 Å². The fourth-order valence-electron chi connectivity index (χ4n) is 2.55. The van der Waals surface area contributed by atoms with Crippen molar-refractivity contribution in [1.82, 2.24) is 0 Å². The van der Waals surface area contributed by atoms with Crippen molar-refractivity contribution in [3.8, 4) is 0 Å². The highest BCUT2D eigenvalue weighted by Gasteiger charge is 2.75. The summed E-state index contributed by atoms with van der Waals surface area (Å²) in [6, 6.07) is 0. The highest BCUT2D eigenvalue weighted by molar-refractivity contribution is 5.84. The van der Waals surface area contributed by atoms with Crippen LogP contribution in [0.15, 0.2) is 0 Å². The minimum Gasteiger partial charge on any atom is -0.477 e. The van der Waals surface area contributed by atoms with Gasteiger partial charge in [0.1, 0.15) is 6.10 Å². The van der Waals surface area contributed by atoms with E-state index < -0.39 is 66.1 Å². The topological polar surface area (TPSA) is 169 Å². The lowest BCUT2D eigenvalue weighted by atomic mass is 10.1. The van der Waals surface area contributed by atoms with Crippen LogP contribution in [-0.4, -0.2) is 85.2 Å². The number of rotatable bonds is 8. The minimum atomic E-state index is -2.12. The summed E-state index contributed by atoms with van der Waals surface area (Å²) in [5.41, 5.74) is -2.12. The molecule has 0 aromatic rings. The molecule has 1 fully saturated rings. The molecule has 0 aromatic heterocycles. The average Bonchev–Trinajstić information content (AvgIpc) is 2.88. The van der Waals surface area contributed by atoms with Gasteiger partial charge in [0, 0.05) is 6.42 Å². The van der Waals surface area contributed by atoms with E-state index in [1.807, 2.05) is 0 Å². The van der Waals surface area contributed by atoms with E-state index >= 15 is 0 Å². The van der Waals surface area contributed by atoms with Crippen LogP contribution in [0.1, 0.15) is 6.42 Å². The molecule has 10 heteroatoms. The highest BCUT2D eigenvalue weighted by Crippen LogP contribution is 2.47. The van der Waals surface area contributed by atoms with Crippen LogP contribution in [0.25, 0.3) is 0 Å². The summed E-state index contributed by atoms with van der Waals surface area (Å²) >= 11 is 0. The second-order valence-corrected chi connectivity index (χ2v) is 4.75. The van der Waals surface area contributed by atoms with Gasteiger partial charge in [0.05, 0.1) is 0 Å². The van der Waals surface area contributed by atoms with E-state index in [2.05, 4.69) is 0 Å². The number of quaternary nitrogens is 1. The standard InChI is InChI=1S/C10H13NO9/c12-5-1-10(5,9(19)20)11(2-6(13)14,3-7(15)16)4-8(17)18/h5,12H,1-4H2,(H3-,13,14,15,16,17,18,19,20)/p+1. The van der Waals surface area contributed by atoms with Crippen LogP contribution in [0, 0.1) is 0 Å². The van der Waals surface area contributed by atoms with Gasteiger partial charge in [-0.15, -0.1) is 0 Å². The summed E-state index contributed by atoms with van der Waals surface area (Å²) in [6.07, 6.45) is -1.88. The van der Waals surface area contributed by atoms with Crippen LogP contribution in [0.3, 0.4) is 0 Å². The molecule has 0 aromatic carbocycles. The first-order valence-electron chi connectivity index (χ1n) is 5.50. The monoisotopic (exact) mass is 292 g/mol. The molecule has 2 unspecified atom stereocenters. The number of carboxylic acid groups (broad SMARTS) is 4. The Hall–Kier alpha value is -2.20. The Kier molecular flexibility index (Phi) is 4.01. The van der Waals surface area contributed by atoms with Gasteiger partial charge < -0.3 is 25.5 Å². The first-order valence-corrected chi connectivity index (χ1v) is 5.50. The third kappa shape index (κ3) is 2.56. The Bertz CT molecular complexity index is 433. The van der Waals surface area contributed by atoms with Gasteiger partial charge in [0.2, 0.25) is 5.54 Å². The summed E-state index contributed by atoms with van der Waals surface area (Å²) in [7, 11) is 0. The van der Waals surface area contributed by atoms with Crippen LogP contribution in [0.4, 0.5) is 0 Å². The molecular formula is C10H14NO9+. The number of hydrogen-bond donors (Lipinski definition) is 5. The van der Waals surface area contributed by atoms with Crippen LogP contribution in [0.2, 0.25) is 0 Å². The molecule has 1 aliphatic carbocycles. The van der Waals surface area contributed by atoms with E-state index in [9.17, 15) is 29.4 Å². The van der Waals surface area contributed by atoms with Gasteiger partial charge in [0.25, 0.3) is 0 Å². The normalized spacial score (nSPS) is 24.9. The van der Waals surface area contributed by atoms with Crippen LogP contribution in [-0.2, 0) is 19.2 Å². The van der Waals surface area contributed by atoms with Crippen molar-refractivity contribution in [2.75, 3.05) is 19.6 Å². The molecule has 20 heavy (non-hydrogen) atoms. The van der Waals surface area contributed by atoms with E-state index in [-0.39, 0.29) is 0 Å². The molecular weight excluding hydrogens is 278 g/mol. The molecule has 0 bridgehead atoms. The van der Waals surface area contributed by atoms with Gasteiger partial charge in [-0.2, -0.15) is 0 Å². The molecule has 0 heterocycles. The molecule has 1 rings (SSSR count). The van der Waals surface area contributed by atoms with E-state index in [1.54, 1.807) is 0 Å². The number of aliphatic carboxylic acids is 4. The third-order valence-corrected chi connectivity index (χ3v) is 3.43. The number of carbonyl (C=O) groups is 4. The minimum absolute atomic E-state index is 0.393. The summed E-state index contributed by atoms with van der Waals surface area (Å²) < 4.78 is -1.27. The molecule has 2 atom stereocenters. The molecule has 10 nitrogen and oxygen atoms in total. The van der Waals surface area contributed by atoms with Gasteiger partial charge >= 0.3 is 23.9 Å². The van der Waals surface area contributed by atoms with Crippen molar-refractivity contribution in [1.29, 1.82) is 0 Å². The maximum absolute atomic E-state index is 11.3. The third-order valence-electron chi connectivity index (χ3n) is 3.43. The second kappa shape index (κ2) is 5.06. The number of aliphatic hydroxyl groups excluding tert-OH is 1. The van der Waals surface area contributed by atoms with Crippen molar-refractivity contribution in [2.45, 2.75) is 18.1 Å². The molecule has 1 aliphatic rings. The Morgan fingerprint density at radius 1 is 0.900 bits per heavy atom. The molecule has 0 amide bonds. The zero-order valence-corrected chi connectivity index (χ0v) is 10.2. The second-order valence-electron chi connectivity index (χ2n) is 4.75. The first kappa shape index (κ1) is 15.9. The lowest BCUT2D eigenvalue weighted by Gasteiger charge is -2.39. The largest absolute Gasteiger partial charge is 0.477 e. The Balaban J connectivity index is 3.35. The zero-order valence-electron chi connectivity index (χ0n) is 10.2. The fraction of sp³-hybridized carbons (Fsp3) is 0.600. The first-order chi connectivity index (χ1) is 9.07. The van der Waals surface area contributed by atoms with Crippen molar-refractivity contribution < 1.29 is 49.2 Å². The van der Waals surface area contributed by atoms with Gasteiger partial charge in [-0.1, -0.05) is 0 Å².